The molecule has 1 fully saturated rings. The molecule has 0 radical (unpaired) electrons. The molecule has 0 amide bonds. The summed E-state index contributed by atoms with van der Waals surface area (Å²) in [6.07, 6.45) is 4.40. The van der Waals surface area contributed by atoms with Gasteiger partial charge in [-0.1, -0.05) is 24.5 Å². The summed E-state index contributed by atoms with van der Waals surface area (Å²) in [6, 6.07) is 6.15. The van der Waals surface area contributed by atoms with Gasteiger partial charge in [-0.05, 0) is 44.9 Å². The first kappa shape index (κ1) is 18.1. The molecule has 4 nitrogen and oxygen atoms in total. The van der Waals surface area contributed by atoms with Crippen LogP contribution in [-0.2, 0) is 0 Å². The quantitative estimate of drug-likeness (QED) is 0.844. The number of hydrogen-bond donors (Lipinski definition) is 1. The van der Waals surface area contributed by atoms with Gasteiger partial charge < -0.3 is 10.0 Å². The Morgan fingerprint density at radius 3 is 2.62 bits per heavy atom. The maximum Gasteiger partial charge on any atom is 0.175 e. The van der Waals surface area contributed by atoms with Gasteiger partial charge in [0.05, 0.1) is 17.4 Å². The van der Waals surface area contributed by atoms with Crippen molar-refractivity contribution in [3.8, 4) is 11.8 Å². The van der Waals surface area contributed by atoms with E-state index in [1.807, 2.05) is 0 Å². The molecule has 1 atom stereocenters. The van der Waals surface area contributed by atoms with E-state index in [1.54, 1.807) is 24.5 Å². The lowest BCUT2D eigenvalue weighted by molar-refractivity contribution is 0.0316. The topological polar surface area (TPSA) is 49.2 Å². The van der Waals surface area contributed by atoms with Crippen molar-refractivity contribution >= 4 is 5.70 Å². The Hall–Kier alpha value is -2.71. The lowest BCUT2D eigenvalue weighted by Gasteiger charge is -2.46. The van der Waals surface area contributed by atoms with E-state index in [4.69, 9.17) is 0 Å². The first-order valence-corrected chi connectivity index (χ1v) is 8.60. The molecule has 1 saturated heterocycles. The predicted octanol–water partition coefficient (Wildman–Crippen LogP) is 3.22. The summed E-state index contributed by atoms with van der Waals surface area (Å²) in [4.78, 5) is 10.9. The molecule has 2 heterocycles. The van der Waals surface area contributed by atoms with Gasteiger partial charge in [-0.15, -0.1) is 0 Å². The molecule has 2 aromatic rings. The van der Waals surface area contributed by atoms with Gasteiger partial charge >= 0.3 is 0 Å². The normalized spacial score (nSPS) is 18.8. The number of piperidine rings is 1. The van der Waals surface area contributed by atoms with Crippen LogP contribution in [0.15, 0.2) is 43.2 Å². The molecular formula is C21H22FN3O. The monoisotopic (exact) mass is 351 g/mol. The highest BCUT2D eigenvalue weighted by Gasteiger charge is 2.35. The molecule has 3 rings (SSSR count). The van der Waals surface area contributed by atoms with Crippen molar-refractivity contribution in [2.45, 2.75) is 38.3 Å². The second-order valence-electron chi connectivity index (χ2n) is 7.11. The predicted molar refractivity (Wildman–Crippen MR) is 99.5 cm³/mol. The SMILES string of the molecule is C=C(c1ncc(C#Cc2cccc(F)c2)cn1)N1CCC(O)CC1(C)C. The van der Waals surface area contributed by atoms with Crippen LogP contribution in [-0.4, -0.2) is 38.2 Å². The average molecular weight is 351 g/mol. The Bertz CT molecular complexity index is 865. The highest BCUT2D eigenvalue weighted by Crippen LogP contribution is 2.33. The third-order valence-electron chi connectivity index (χ3n) is 4.56. The first-order valence-electron chi connectivity index (χ1n) is 8.60. The second kappa shape index (κ2) is 7.27. The summed E-state index contributed by atoms with van der Waals surface area (Å²) in [6.45, 7) is 9.03. The van der Waals surface area contributed by atoms with E-state index >= 15 is 0 Å². The van der Waals surface area contributed by atoms with E-state index in [2.05, 4.69) is 47.1 Å². The molecule has 1 N–H and O–H groups in total. The fourth-order valence-electron chi connectivity index (χ4n) is 3.24. The Morgan fingerprint density at radius 2 is 1.96 bits per heavy atom. The maximum atomic E-state index is 13.2. The van der Waals surface area contributed by atoms with Crippen molar-refractivity contribution in [3.05, 3.63) is 66.0 Å². The highest BCUT2D eigenvalue weighted by molar-refractivity contribution is 5.56. The number of benzene rings is 1. The standard InChI is InChI=1S/C21H22FN3O/c1-15(25-10-9-19(26)12-21(25,2)3)20-23-13-17(14-24-20)8-7-16-5-4-6-18(22)11-16/h4-6,11,13-14,19,26H,1,9-10,12H2,2-3H3. The van der Waals surface area contributed by atoms with Crippen molar-refractivity contribution in [1.82, 2.24) is 14.9 Å². The zero-order valence-corrected chi connectivity index (χ0v) is 15.0. The van der Waals surface area contributed by atoms with Gasteiger partial charge in [0.25, 0.3) is 0 Å². The number of aromatic nitrogens is 2. The lowest BCUT2D eigenvalue weighted by atomic mass is 9.88. The summed E-state index contributed by atoms with van der Waals surface area (Å²) in [7, 11) is 0. The molecule has 0 bridgehead atoms. The van der Waals surface area contributed by atoms with Crippen molar-refractivity contribution < 1.29 is 9.50 Å². The van der Waals surface area contributed by atoms with Crippen LogP contribution >= 0.6 is 0 Å². The molecule has 0 spiro atoms. The average Bonchev–Trinajstić information content (AvgIpc) is 2.59. The van der Waals surface area contributed by atoms with Crippen molar-refractivity contribution in [1.29, 1.82) is 0 Å². The first-order chi connectivity index (χ1) is 12.3. The van der Waals surface area contributed by atoms with E-state index in [0.717, 1.165) is 12.2 Å². The fraction of sp³-hybridized carbons (Fsp3) is 0.333. The smallest absolute Gasteiger partial charge is 0.175 e. The molecule has 1 aromatic heterocycles. The molecule has 1 aliphatic rings. The third-order valence-corrected chi connectivity index (χ3v) is 4.56. The van der Waals surface area contributed by atoms with Gasteiger partial charge in [-0.2, -0.15) is 0 Å². The van der Waals surface area contributed by atoms with E-state index < -0.39 is 0 Å². The highest BCUT2D eigenvalue weighted by atomic mass is 19.1. The zero-order valence-electron chi connectivity index (χ0n) is 15.0. The van der Waals surface area contributed by atoms with Crippen LogP contribution in [0.3, 0.4) is 0 Å². The number of likely N-dealkylation sites (tertiary alicyclic amines) is 1. The van der Waals surface area contributed by atoms with Crippen molar-refractivity contribution in [2.24, 2.45) is 0 Å². The minimum Gasteiger partial charge on any atom is -0.393 e. The number of aliphatic hydroxyl groups excluding tert-OH is 1. The largest absolute Gasteiger partial charge is 0.393 e. The molecule has 26 heavy (non-hydrogen) atoms. The van der Waals surface area contributed by atoms with Crippen LogP contribution in [0.1, 0.15) is 43.6 Å². The van der Waals surface area contributed by atoms with Crippen LogP contribution < -0.4 is 0 Å². The molecule has 1 unspecified atom stereocenters. The van der Waals surface area contributed by atoms with Crippen LogP contribution in [0.25, 0.3) is 5.70 Å². The number of aliphatic hydroxyl groups is 1. The van der Waals surface area contributed by atoms with E-state index in [-0.39, 0.29) is 17.5 Å². The van der Waals surface area contributed by atoms with Crippen LogP contribution in [0.2, 0.25) is 0 Å². The Morgan fingerprint density at radius 1 is 1.27 bits per heavy atom. The van der Waals surface area contributed by atoms with Gasteiger partial charge in [-0.25, -0.2) is 14.4 Å². The van der Waals surface area contributed by atoms with Gasteiger partial charge in [-0.3, -0.25) is 0 Å². The Kier molecular flexibility index (Phi) is 5.06. The second-order valence-corrected chi connectivity index (χ2v) is 7.11. The minimum absolute atomic E-state index is 0.200. The minimum atomic E-state index is -0.311. The Labute approximate surface area is 153 Å². The summed E-state index contributed by atoms with van der Waals surface area (Å²) in [5.41, 5.74) is 1.80. The number of hydrogen-bond acceptors (Lipinski definition) is 4. The Balaban J connectivity index is 1.74. The van der Waals surface area contributed by atoms with Gasteiger partial charge in [0.2, 0.25) is 0 Å². The van der Waals surface area contributed by atoms with Crippen LogP contribution in [0.5, 0.6) is 0 Å². The number of rotatable bonds is 2. The summed E-state index contributed by atoms with van der Waals surface area (Å²) < 4.78 is 13.2. The van der Waals surface area contributed by atoms with Gasteiger partial charge in [0.15, 0.2) is 5.82 Å². The lowest BCUT2D eigenvalue weighted by Crippen LogP contribution is -2.50. The van der Waals surface area contributed by atoms with E-state index in [0.29, 0.717) is 29.8 Å². The molecule has 5 heteroatoms. The fourth-order valence-corrected chi connectivity index (χ4v) is 3.24. The van der Waals surface area contributed by atoms with Gasteiger partial charge in [0, 0.05) is 30.0 Å². The molecular weight excluding hydrogens is 329 g/mol. The molecule has 134 valence electrons. The zero-order chi connectivity index (χ0) is 18.7. The number of halogens is 1. The summed E-state index contributed by atoms with van der Waals surface area (Å²) >= 11 is 0. The molecule has 1 aliphatic heterocycles. The molecule has 1 aromatic carbocycles. The van der Waals surface area contributed by atoms with Crippen LogP contribution in [0.4, 0.5) is 4.39 Å². The summed E-state index contributed by atoms with van der Waals surface area (Å²) in [5, 5.41) is 9.90. The third kappa shape index (κ3) is 4.09. The van der Waals surface area contributed by atoms with Crippen molar-refractivity contribution in [3.63, 3.8) is 0 Å². The summed E-state index contributed by atoms with van der Waals surface area (Å²) in [5.74, 6) is 6.07. The van der Waals surface area contributed by atoms with Crippen molar-refractivity contribution in [2.75, 3.05) is 6.54 Å². The van der Waals surface area contributed by atoms with Crippen LogP contribution in [0, 0.1) is 17.7 Å². The maximum absolute atomic E-state index is 13.2. The van der Waals surface area contributed by atoms with Gasteiger partial charge in [0.1, 0.15) is 5.82 Å². The van der Waals surface area contributed by atoms with E-state index in [1.165, 1.54) is 12.1 Å². The molecule has 0 saturated carbocycles. The molecule has 0 aliphatic carbocycles. The van der Waals surface area contributed by atoms with E-state index in [9.17, 15) is 9.50 Å². The number of nitrogens with zero attached hydrogens (tertiary/aromatic N) is 3.